The number of esters is 1. The Morgan fingerprint density at radius 3 is 2.61 bits per heavy atom. The minimum absolute atomic E-state index is 0.122. The van der Waals surface area contributed by atoms with E-state index in [2.05, 4.69) is 6.92 Å². The predicted molar refractivity (Wildman–Crippen MR) is 68.9 cm³/mol. The van der Waals surface area contributed by atoms with Crippen LogP contribution in [0.3, 0.4) is 0 Å². The SMILES string of the molecule is COC(=O)C1(C)C(C)C1COCc1ccccc1. The van der Waals surface area contributed by atoms with Crippen molar-refractivity contribution in [2.75, 3.05) is 13.7 Å². The van der Waals surface area contributed by atoms with Gasteiger partial charge in [0.25, 0.3) is 0 Å². The average molecular weight is 248 g/mol. The first-order valence-electron chi connectivity index (χ1n) is 6.30. The molecular formula is C15H20O3. The van der Waals surface area contributed by atoms with Gasteiger partial charge < -0.3 is 9.47 Å². The van der Waals surface area contributed by atoms with Gasteiger partial charge in [0.05, 0.1) is 25.7 Å². The second kappa shape index (κ2) is 5.11. The standard InChI is InChI=1S/C15H20O3/c1-11-13(15(11,2)14(16)17-3)10-18-9-12-7-5-4-6-8-12/h4-8,11,13H,9-10H2,1-3H3. The van der Waals surface area contributed by atoms with Crippen molar-refractivity contribution in [3.8, 4) is 0 Å². The van der Waals surface area contributed by atoms with E-state index >= 15 is 0 Å². The van der Waals surface area contributed by atoms with Gasteiger partial charge in [0, 0.05) is 5.92 Å². The fourth-order valence-corrected chi connectivity index (χ4v) is 2.59. The van der Waals surface area contributed by atoms with E-state index in [0.717, 1.165) is 5.56 Å². The molecule has 3 nitrogen and oxygen atoms in total. The van der Waals surface area contributed by atoms with Gasteiger partial charge in [-0.2, -0.15) is 0 Å². The Balaban J connectivity index is 1.81. The van der Waals surface area contributed by atoms with Crippen molar-refractivity contribution < 1.29 is 14.3 Å². The van der Waals surface area contributed by atoms with E-state index in [1.807, 2.05) is 37.3 Å². The summed E-state index contributed by atoms with van der Waals surface area (Å²) in [6.45, 7) is 5.25. The lowest BCUT2D eigenvalue weighted by atomic mass is 10.1. The molecule has 0 radical (unpaired) electrons. The van der Waals surface area contributed by atoms with Gasteiger partial charge in [-0.05, 0) is 18.4 Å². The fourth-order valence-electron chi connectivity index (χ4n) is 2.59. The third kappa shape index (κ3) is 2.27. The summed E-state index contributed by atoms with van der Waals surface area (Å²) in [5.74, 6) is 0.484. The van der Waals surface area contributed by atoms with Crippen LogP contribution in [0.15, 0.2) is 30.3 Å². The number of hydrogen-bond donors (Lipinski definition) is 0. The van der Waals surface area contributed by atoms with E-state index in [9.17, 15) is 4.79 Å². The van der Waals surface area contributed by atoms with Crippen LogP contribution in [0.1, 0.15) is 19.4 Å². The van der Waals surface area contributed by atoms with E-state index in [1.165, 1.54) is 7.11 Å². The van der Waals surface area contributed by atoms with Gasteiger partial charge in [0.2, 0.25) is 0 Å². The number of benzene rings is 1. The van der Waals surface area contributed by atoms with Crippen molar-refractivity contribution in [3.63, 3.8) is 0 Å². The Morgan fingerprint density at radius 1 is 1.33 bits per heavy atom. The molecule has 1 aliphatic rings. The van der Waals surface area contributed by atoms with Crippen LogP contribution >= 0.6 is 0 Å². The lowest BCUT2D eigenvalue weighted by Crippen LogP contribution is -2.18. The topological polar surface area (TPSA) is 35.5 Å². The van der Waals surface area contributed by atoms with Crippen LogP contribution in [0.25, 0.3) is 0 Å². The van der Waals surface area contributed by atoms with E-state index in [4.69, 9.17) is 9.47 Å². The van der Waals surface area contributed by atoms with Gasteiger partial charge in [-0.15, -0.1) is 0 Å². The molecule has 1 aromatic rings. The molecule has 18 heavy (non-hydrogen) atoms. The number of carbonyl (C=O) groups excluding carboxylic acids is 1. The quantitative estimate of drug-likeness (QED) is 0.751. The van der Waals surface area contributed by atoms with Crippen LogP contribution < -0.4 is 0 Å². The van der Waals surface area contributed by atoms with Gasteiger partial charge in [-0.3, -0.25) is 4.79 Å². The predicted octanol–water partition coefficient (Wildman–Crippen LogP) is 2.65. The monoisotopic (exact) mass is 248 g/mol. The molecule has 0 heterocycles. The van der Waals surface area contributed by atoms with Crippen molar-refractivity contribution in [3.05, 3.63) is 35.9 Å². The number of hydrogen-bond acceptors (Lipinski definition) is 3. The van der Waals surface area contributed by atoms with Gasteiger partial charge in [0.1, 0.15) is 0 Å². The highest BCUT2D eigenvalue weighted by atomic mass is 16.5. The molecule has 0 N–H and O–H groups in total. The molecule has 1 saturated carbocycles. The fraction of sp³-hybridized carbons (Fsp3) is 0.533. The highest BCUT2D eigenvalue weighted by Crippen LogP contribution is 2.59. The lowest BCUT2D eigenvalue weighted by molar-refractivity contribution is -0.147. The van der Waals surface area contributed by atoms with Crippen LogP contribution in [-0.2, 0) is 20.9 Å². The second-order valence-electron chi connectivity index (χ2n) is 5.17. The molecule has 0 amide bonds. The Morgan fingerprint density at radius 2 is 2.00 bits per heavy atom. The van der Waals surface area contributed by atoms with Crippen molar-refractivity contribution >= 4 is 5.97 Å². The van der Waals surface area contributed by atoms with Crippen LogP contribution in [0.4, 0.5) is 0 Å². The Hall–Kier alpha value is -1.35. The molecule has 3 atom stereocenters. The molecule has 1 aromatic carbocycles. The van der Waals surface area contributed by atoms with Gasteiger partial charge in [0.15, 0.2) is 0 Å². The second-order valence-corrected chi connectivity index (χ2v) is 5.17. The molecule has 0 spiro atoms. The number of methoxy groups -OCH3 is 1. The van der Waals surface area contributed by atoms with Crippen LogP contribution in [0.2, 0.25) is 0 Å². The largest absolute Gasteiger partial charge is 0.469 e. The molecule has 2 rings (SSSR count). The van der Waals surface area contributed by atoms with Gasteiger partial charge in [-0.1, -0.05) is 37.3 Å². The smallest absolute Gasteiger partial charge is 0.312 e. The first-order chi connectivity index (χ1) is 8.60. The maximum atomic E-state index is 11.7. The molecule has 0 aliphatic heterocycles. The first-order valence-corrected chi connectivity index (χ1v) is 6.30. The molecular weight excluding hydrogens is 228 g/mol. The summed E-state index contributed by atoms with van der Waals surface area (Å²) >= 11 is 0. The molecule has 3 heteroatoms. The molecule has 3 unspecified atom stereocenters. The zero-order valence-electron chi connectivity index (χ0n) is 11.2. The lowest BCUT2D eigenvalue weighted by Gasteiger charge is -2.09. The van der Waals surface area contributed by atoms with E-state index in [-0.39, 0.29) is 17.3 Å². The number of ether oxygens (including phenoxy) is 2. The van der Waals surface area contributed by atoms with E-state index in [0.29, 0.717) is 19.1 Å². The normalized spacial score (nSPS) is 29.9. The summed E-state index contributed by atoms with van der Waals surface area (Å²) in [5, 5.41) is 0. The molecule has 0 aromatic heterocycles. The Bertz CT molecular complexity index is 415. The highest BCUT2D eigenvalue weighted by Gasteiger charge is 2.64. The summed E-state index contributed by atoms with van der Waals surface area (Å²) in [5.41, 5.74) is 0.802. The van der Waals surface area contributed by atoms with E-state index < -0.39 is 0 Å². The minimum atomic E-state index is -0.356. The van der Waals surface area contributed by atoms with E-state index in [1.54, 1.807) is 0 Å². The van der Waals surface area contributed by atoms with Crippen LogP contribution in [-0.4, -0.2) is 19.7 Å². The summed E-state index contributed by atoms with van der Waals surface area (Å²) in [6, 6.07) is 10.1. The zero-order valence-corrected chi connectivity index (χ0v) is 11.2. The first kappa shape index (κ1) is 13.1. The third-order valence-corrected chi connectivity index (χ3v) is 4.24. The Kier molecular flexibility index (Phi) is 3.71. The highest BCUT2D eigenvalue weighted by molar-refractivity contribution is 5.80. The van der Waals surface area contributed by atoms with Crippen molar-refractivity contribution in [1.29, 1.82) is 0 Å². The van der Waals surface area contributed by atoms with Crippen LogP contribution in [0.5, 0.6) is 0 Å². The average Bonchev–Trinajstić information content (AvgIpc) is 2.93. The van der Waals surface area contributed by atoms with Crippen molar-refractivity contribution in [2.24, 2.45) is 17.3 Å². The summed E-state index contributed by atoms with van der Waals surface area (Å²) in [4.78, 5) is 11.7. The van der Waals surface area contributed by atoms with Crippen molar-refractivity contribution in [1.82, 2.24) is 0 Å². The Labute approximate surface area is 108 Å². The van der Waals surface area contributed by atoms with Crippen molar-refractivity contribution in [2.45, 2.75) is 20.5 Å². The van der Waals surface area contributed by atoms with Gasteiger partial charge in [-0.25, -0.2) is 0 Å². The number of carbonyl (C=O) groups is 1. The maximum Gasteiger partial charge on any atom is 0.312 e. The molecule has 1 fully saturated rings. The third-order valence-electron chi connectivity index (χ3n) is 4.24. The summed E-state index contributed by atoms with van der Waals surface area (Å²) < 4.78 is 10.5. The summed E-state index contributed by atoms with van der Waals surface area (Å²) in [7, 11) is 1.44. The molecule has 0 bridgehead atoms. The number of rotatable bonds is 5. The summed E-state index contributed by atoms with van der Waals surface area (Å²) in [6.07, 6.45) is 0. The maximum absolute atomic E-state index is 11.7. The zero-order chi connectivity index (χ0) is 13.2. The molecule has 0 saturated heterocycles. The van der Waals surface area contributed by atoms with Gasteiger partial charge >= 0.3 is 5.97 Å². The minimum Gasteiger partial charge on any atom is -0.469 e. The molecule has 1 aliphatic carbocycles. The van der Waals surface area contributed by atoms with Crippen LogP contribution in [0, 0.1) is 17.3 Å². The molecule has 98 valence electrons.